The van der Waals surface area contributed by atoms with E-state index in [0.29, 0.717) is 5.82 Å². The molecule has 2 heterocycles. The summed E-state index contributed by atoms with van der Waals surface area (Å²) in [6.45, 7) is 2.73. The monoisotopic (exact) mass is 233 g/mol. The Labute approximate surface area is 98.1 Å². The average molecular weight is 233 g/mol. The van der Waals surface area contributed by atoms with E-state index in [1.165, 1.54) is 12.3 Å². The maximum Gasteiger partial charge on any atom is 0.172 e. The first kappa shape index (κ1) is 11.4. The number of hydrogen-bond acceptors (Lipinski definition) is 3. The largest absolute Gasteiger partial charge is 0.335 e. The Bertz CT molecular complexity index is 536. The molecule has 0 N–H and O–H groups in total. The Morgan fingerprint density at radius 3 is 3.00 bits per heavy atom. The number of carbonyl (C=O) groups is 1. The van der Waals surface area contributed by atoms with Gasteiger partial charge in [-0.2, -0.15) is 0 Å². The number of rotatable bonds is 4. The van der Waals surface area contributed by atoms with Crippen LogP contribution in [0.2, 0.25) is 0 Å². The second kappa shape index (κ2) is 4.86. The van der Waals surface area contributed by atoms with Crippen LogP contribution in [0.5, 0.6) is 0 Å². The van der Waals surface area contributed by atoms with Crippen LogP contribution in [0.1, 0.15) is 23.1 Å². The molecule has 0 aliphatic heterocycles. The molecule has 0 aliphatic carbocycles. The quantitative estimate of drug-likeness (QED) is 0.757. The number of imidazole rings is 1. The first-order valence-corrected chi connectivity index (χ1v) is 5.34. The molecular formula is C12H12FN3O. The molecule has 0 bridgehead atoms. The zero-order chi connectivity index (χ0) is 12.3. The molecule has 0 unspecified atom stereocenters. The van der Waals surface area contributed by atoms with Gasteiger partial charge in [-0.3, -0.25) is 9.78 Å². The molecule has 0 spiro atoms. The second-order valence-electron chi connectivity index (χ2n) is 3.62. The van der Waals surface area contributed by atoms with Gasteiger partial charge in [0.25, 0.3) is 0 Å². The summed E-state index contributed by atoms with van der Waals surface area (Å²) in [7, 11) is 0. The first-order chi connectivity index (χ1) is 8.20. The van der Waals surface area contributed by atoms with Crippen LogP contribution in [-0.4, -0.2) is 20.3 Å². The van der Waals surface area contributed by atoms with E-state index in [1.807, 2.05) is 17.7 Å². The molecule has 0 aromatic carbocycles. The zero-order valence-electron chi connectivity index (χ0n) is 9.43. The third kappa shape index (κ3) is 2.55. The lowest BCUT2D eigenvalue weighted by Crippen LogP contribution is -2.10. The van der Waals surface area contributed by atoms with Gasteiger partial charge >= 0.3 is 0 Å². The van der Waals surface area contributed by atoms with Crippen molar-refractivity contribution in [3.8, 4) is 0 Å². The fourth-order valence-electron chi connectivity index (χ4n) is 1.61. The Balaban J connectivity index is 2.17. The van der Waals surface area contributed by atoms with Crippen LogP contribution >= 0.6 is 0 Å². The molecular weight excluding hydrogens is 221 g/mol. The lowest BCUT2D eigenvalue weighted by atomic mass is 10.1. The lowest BCUT2D eigenvalue weighted by Gasteiger charge is -2.03. The summed E-state index contributed by atoms with van der Waals surface area (Å²) >= 11 is 0. The molecule has 2 rings (SSSR count). The van der Waals surface area contributed by atoms with Crippen LogP contribution in [0.3, 0.4) is 0 Å². The first-order valence-electron chi connectivity index (χ1n) is 5.34. The van der Waals surface area contributed by atoms with Gasteiger partial charge in [0.1, 0.15) is 11.6 Å². The van der Waals surface area contributed by atoms with Crippen LogP contribution in [0, 0.1) is 5.82 Å². The van der Waals surface area contributed by atoms with Gasteiger partial charge < -0.3 is 4.57 Å². The van der Waals surface area contributed by atoms with Gasteiger partial charge in [0.05, 0.1) is 12.6 Å². The van der Waals surface area contributed by atoms with E-state index >= 15 is 0 Å². The molecule has 2 aromatic rings. The van der Waals surface area contributed by atoms with Crippen molar-refractivity contribution in [2.45, 2.75) is 19.9 Å². The molecule has 0 aliphatic rings. The van der Waals surface area contributed by atoms with Crippen molar-refractivity contribution in [1.82, 2.24) is 14.5 Å². The molecule has 0 fully saturated rings. The minimum absolute atomic E-state index is 0.159. The minimum Gasteiger partial charge on any atom is -0.335 e. The average Bonchev–Trinajstić information content (AvgIpc) is 2.76. The SMILES string of the molecule is CCn1ccnc1CC(=O)c1cncc(F)c1. The van der Waals surface area contributed by atoms with Gasteiger partial charge in [-0.05, 0) is 13.0 Å². The number of hydrogen-bond donors (Lipinski definition) is 0. The highest BCUT2D eigenvalue weighted by atomic mass is 19.1. The Hall–Kier alpha value is -2.04. The molecule has 0 atom stereocenters. The summed E-state index contributed by atoms with van der Waals surface area (Å²) in [6.07, 6.45) is 6.06. The van der Waals surface area contributed by atoms with Crippen LogP contribution in [-0.2, 0) is 13.0 Å². The summed E-state index contributed by atoms with van der Waals surface area (Å²) < 4.78 is 14.8. The molecule has 0 saturated carbocycles. The van der Waals surface area contributed by atoms with Gasteiger partial charge in [0.15, 0.2) is 5.78 Å². The summed E-state index contributed by atoms with van der Waals surface area (Å²) in [5.74, 6) is -0.00524. The van der Waals surface area contributed by atoms with Crippen LogP contribution < -0.4 is 0 Å². The van der Waals surface area contributed by atoms with E-state index < -0.39 is 5.82 Å². The van der Waals surface area contributed by atoms with E-state index in [-0.39, 0.29) is 17.8 Å². The molecule has 2 aromatic heterocycles. The van der Waals surface area contributed by atoms with Gasteiger partial charge in [-0.15, -0.1) is 0 Å². The highest BCUT2D eigenvalue weighted by molar-refractivity contribution is 5.96. The van der Waals surface area contributed by atoms with Crippen molar-refractivity contribution >= 4 is 5.78 Å². The van der Waals surface area contributed by atoms with Crippen molar-refractivity contribution in [3.05, 3.63) is 48.1 Å². The van der Waals surface area contributed by atoms with E-state index in [9.17, 15) is 9.18 Å². The summed E-state index contributed by atoms with van der Waals surface area (Å²) in [5, 5.41) is 0. The van der Waals surface area contributed by atoms with E-state index in [0.717, 1.165) is 12.7 Å². The predicted octanol–water partition coefficient (Wildman–Crippen LogP) is 1.86. The molecule has 88 valence electrons. The molecule has 0 radical (unpaired) electrons. The molecule has 17 heavy (non-hydrogen) atoms. The molecule has 5 heteroatoms. The second-order valence-corrected chi connectivity index (χ2v) is 3.62. The maximum absolute atomic E-state index is 12.9. The number of aromatic nitrogens is 3. The number of aryl methyl sites for hydroxylation is 1. The topological polar surface area (TPSA) is 47.8 Å². The molecule has 0 amide bonds. The Kier molecular flexibility index (Phi) is 3.27. The van der Waals surface area contributed by atoms with Crippen LogP contribution in [0.15, 0.2) is 30.9 Å². The fraction of sp³-hybridized carbons (Fsp3) is 0.250. The van der Waals surface area contributed by atoms with Crippen LogP contribution in [0.25, 0.3) is 0 Å². The minimum atomic E-state index is -0.505. The van der Waals surface area contributed by atoms with Gasteiger partial charge in [-0.1, -0.05) is 0 Å². The van der Waals surface area contributed by atoms with E-state index in [4.69, 9.17) is 0 Å². The van der Waals surface area contributed by atoms with E-state index in [2.05, 4.69) is 9.97 Å². The van der Waals surface area contributed by atoms with Gasteiger partial charge in [-0.25, -0.2) is 9.37 Å². The van der Waals surface area contributed by atoms with Crippen molar-refractivity contribution in [2.24, 2.45) is 0 Å². The third-order valence-corrected chi connectivity index (χ3v) is 2.49. The number of carbonyl (C=O) groups excluding carboxylic acids is 1. The smallest absolute Gasteiger partial charge is 0.172 e. The highest BCUT2D eigenvalue weighted by Gasteiger charge is 2.11. The number of Topliss-reactive ketones (excluding diaryl/α,β-unsaturated/α-hetero) is 1. The number of ketones is 1. The fourth-order valence-corrected chi connectivity index (χ4v) is 1.61. The number of pyridine rings is 1. The third-order valence-electron chi connectivity index (χ3n) is 2.49. The van der Waals surface area contributed by atoms with Crippen molar-refractivity contribution in [2.75, 3.05) is 0 Å². The normalized spacial score (nSPS) is 10.5. The van der Waals surface area contributed by atoms with E-state index in [1.54, 1.807) is 6.20 Å². The summed E-state index contributed by atoms with van der Waals surface area (Å²) in [6, 6.07) is 1.19. The lowest BCUT2D eigenvalue weighted by molar-refractivity contribution is 0.0989. The maximum atomic E-state index is 12.9. The Morgan fingerprint density at radius 2 is 2.29 bits per heavy atom. The van der Waals surface area contributed by atoms with Crippen LogP contribution in [0.4, 0.5) is 4.39 Å². The molecule has 4 nitrogen and oxygen atoms in total. The van der Waals surface area contributed by atoms with Crippen molar-refractivity contribution < 1.29 is 9.18 Å². The summed E-state index contributed by atoms with van der Waals surface area (Å²) in [4.78, 5) is 19.6. The Morgan fingerprint density at radius 1 is 1.47 bits per heavy atom. The molecule has 0 saturated heterocycles. The number of halogens is 1. The number of nitrogens with zero attached hydrogens (tertiary/aromatic N) is 3. The standard InChI is InChI=1S/C12H12FN3O/c1-2-16-4-3-15-12(16)6-11(17)9-5-10(13)8-14-7-9/h3-5,7-8H,2,6H2,1H3. The predicted molar refractivity (Wildman–Crippen MR) is 60.1 cm³/mol. The highest BCUT2D eigenvalue weighted by Crippen LogP contribution is 2.07. The zero-order valence-corrected chi connectivity index (χ0v) is 9.43. The van der Waals surface area contributed by atoms with Crippen molar-refractivity contribution in [3.63, 3.8) is 0 Å². The van der Waals surface area contributed by atoms with Gasteiger partial charge in [0, 0.05) is 30.7 Å². The van der Waals surface area contributed by atoms with Gasteiger partial charge in [0.2, 0.25) is 0 Å². The summed E-state index contributed by atoms with van der Waals surface area (Å²) in [5.41, 5.74) is 0.274. The van der Waals surface area contributed by atoms with Crippen molar-refractivity contribution in [1.29, 1.82) is 0 Å².